The molecule has 0 atom stereocenters. The van der Waals surface area contributed by atoms with Gasteiger partial charge in [-0.3, -0.25) is 14.9 Å². The van der Waals surface area contributed by atoms with Crippen LogP contribution >= 0.6 is 11.5 Å². The van der Waals surface area contributed by atoms with Crippen molar-refractivity contribution >= 4 is 29.7 Å². The Bertz CT molecular complexity index is 731. The molecule has 0 unspecified atom stereocenters. The van der Waals surface area contributed by atoms with Crippen LogP contribution in [0, 0.1) is 10.1 Å². The third kappa shape index (κ3) is 2.87. The Kier molecular flexibility index (Phi) is 4.22. The van der Waals surface area contributed by atoms with Gasteiger partial charge in [0.05, 0.1) is 21.8 Å². The van der Waals surface area contributed by atoms with E-state index >= 15 is 0 Å². The fourth-order valence-electron chi connectivity index (χ4n) is 2.08. The maximum absolute atomic E-state index is 12.1. The van der Waals surface area contributed by atoms with Crippen LogP contribution in [0.5, 0.6) is 0 Å². The standard InChI is InChI=1S/C14H16N2O4S/c1-4-20-13(17)14(2,3)12-10-8-9(16(18)19)6-5-7-11(10)21-15-12/h6-8H,4-5H2,1-3H3. The van der Waals surface area contributed by atoms with Crippen LogP contribution in [0.25, 0.3) is 12.2 Å². The largest absolute Gasteiger partial charge is 0.465 e. The molecule has 0 aliphatic heterocycles. The quantitative estimate of drug-likeness (QED) is 0.473. The van der Waals surface area contributed by atoms with Crippen LogP contribution in [-0.2, 0) is 14.9 Å². The summed E-state index contributed by atoms with van der Waals surface area (Å²) in [7, 11) is 0. The van der Waals surface area contributed by atoms with Crippen LogP contribution in [0.1, 0.15) is 32.9 Å². The van der Waals surface area contributed by atoms with Crippen molar-refractivity contribution < 1.29 is 14.5 Å². The first-order valence-electron chi connectivity index (χ1n) is 6.57. The van der Waals surface area contributed by atoms with Gasteiger partial charge < -0.3 is 4.74 Å². The van der Waals surface area contributed by atoms with E-state index in [1.807, 2.05) is 6.08 Å². The molecule has 0 bridgehead atoms. The molecule has 0 radical (unpaired) electrons. The molecule has 0 N–H and O–H groups in total. The molecule has 0 spiro atoms. The van der Waals surface area contributed by atoms with Gasteiger partial charge in [-0.1, -0.05) is 6.08 Å². The van der Waals surface area contributed by atoms with E-state index in [0.29, 0.717) is 17.3 Å². The van der Waals surface area contributed by atoms with Gasteiger partial charge in [0.2, 0.25) is 0 Å². The molecule has 1 heterocycles. The average Bonchev–Trinajstić information content (AvgIpc) is 2.70. The van der Waals surface area contributed by atoms with Gasteiger partial charge in [0.1, 0.15) is 5.41 Å². The number of nitro groups is 1. The van der Waals surface area contributed by atoms with Crippen molar-refractivity contribution in [3.8, 4) is 0 Å². The molecule has 1 aromatic heterocycles. The molecule has 112 valence electrons. The highest BCUT2D eigenvalue weighted by Gasteiger charge is 2.35. The number of carbonyl (C=O) groups excluding carboxylic acids is 1. The number of nitrogens with zero attached hydrogens (tertiary/aromatic N) is 2. The molecule has 0 fully saturated rings. The Labute approximate surface area is 125 Å². The number of carbonyl (C=O) groups is 1. The zero-order valence-electron chi connectivity index (χ0n) is 12.1. The molecule has 1 aliphatic carbocycles. The molecule has 1 aromatic rings. The smallest absolute Gasteiger partial charge is 0.317 e. The third-order valence-corrected chi connectivity index (χ3v) is 4.12. The van der Waals surface area contributed by atoms with Crippen LogP contribution in [-0.4, -0.2) is 21.9 Å². The highest BCUT2D eigenvalue weighted by molar-refractivity contribution is 7.03. The molecule has 6 nitrogen and oxygen atoms in total. The summed E-state index contributed by atoms with van der Waals surface area (Å²) in [4.78, 5) is 22.7. The summed E-state index contributed by atoms with van der Waals surface area (Å²) < 4.78 is 10.3. The van der Waals surface area contributed by atoms with Gasteiger partial charge in [-0.15, -0.1) is 0 Å². The van der Waals surface area contributed by atoms with Gasteiger partial charge in [-0.05, 0) is 44.8 Å². The van der Waals surface area contributed by atoms with Crippen molar-refractivity contribution in [2.45, 2.75) is 32.6 Å². The van der Waals surface area contributed by atoms with Crippen molar-refractivity contribution in [1.29, 1.82) is 0 Å². The van der Waals surface area contributed by atoms with Crippen LogP contribution in [0.15, 0.2) is 11.8 Å². The van der Waals surface area contributed by atoms with E-state index in [0.717, 1.165) is 4.53 Å². The normalized spacial score (nSPS) is 14.1. The van der Waals surface area contributed by atoms with E-state index in [1.165, 1.54) is 17.6 Å². The van der Waals surface area contributed by atoms with Crippen LogP contribution in [0.2, 0.25) is 0 Å². The van der Waals surface area contributed by atoms with E-state index in [2.05, 4.69) is 4.37 Å². The fraction of sp³-hybridized carbons (Fsp3) is 0.429. The van der Waals surface area contributed by atoms with E-state index in [4.69, 9.17) is 4.74 Å². The number of hydrogen-bond donors (Lipinski definition) is 0. The first kappa shape index (κ1) is 15.4. The number of rotatable bonds is 4. The number of fused-ring (bicyclic) bond motifs is 1. The zero-order valence-corrected chi connectivity index (χ0v) is 12.9. The average molecular weight is 308 g/mol. The lowest BCUT2D eigenvalue weighted by Gasteiger charge is -2.20. The lowest BCUT2D eigenvalue weighted by atomic mass is 9.88. The predicted molar refractivity (Wildman–Crippen MR) is 79.6 cm³/mol. The Hall–Kier alpha value is -2.02. The summed E-state index contributed by atoms with van der Waals surface area (Å²) in [6.07, 6.45) is 5.39. The van der Waals surface area contributed by atoms with Crippen molar-refractivity contribution in [3.63, 3.8) is 0 Å². The number of hydrogen-bond acceptors (Lipinski definition) is 6. The number of allylic oxidation sites excluding steroid dienone is 2. The molecule has 0 saturated carbocycles. The first-order chi connectivity index (χ1) is 9.87. The maximum Gasteiger partial charge on any atom is 0.317 e. The third-order valence-electron chi connectivity index (χ3n) is 3.27. The van der Waals surface area contributed by atoms with Crippen LogP contribution in [0.4, 0.5) is 0 Å². The summed E-state index contributed by atoms with van der Waals surface area (Å²) in [5.74, 6) is -0.387. The predicted octanol–water partition coefficient (Wildman–Crippen LogP) is 1.11. The Morgan fingerprint density at radius 2 is 2.24 bits per heavy atom. The molecule has 7 heteroatoms. The SMILES string of the molecule is CCOC(=O)C(C)(C)c1nsc2c1=CC([N+](=O)[O-])=CCC=2. The first-order valence-corrected chi connectivity index (χ1v) is 7.35. The topological polar surface area (TPSA) is 82.3 Å². The lowest BCUT2D eigenvalue weighted by Crippen LogP contribution is -2.38. The molecule has 21 heavy (non-hydrogen) atoms. The minimum Gasteiger partial charge on any atom is -0.465 e. The summed E-state index contributed by atoms with van der Waals surface area (Å²) in [6, 6.07) is 0. The molecule has 0 saturated heterocycles. The monoisotopic (exact) mass is 308 g/mol. The molecule has 0 aromatic carbocycles. The minimum absolute atomic E-state index is 0.0195. The second kappa shape index (κ2) is 5.77. The Morgan fingerprint density at radius 1 is 1.52 bits per heavy atom. The van der Waals surface area contributed by atoms with E-state index < -0.39 is 10.3 Å². The molecular weight excluding hydrogens is 292 g/mol. The molecule has 0 amide bonds. The second-order valence-electron chi connectivity index (χ2n) is 5.12. The molecular formula is C14H16N2O4S. The maximum atomic E-state index is 12.1. The minimum atomic E-state index is -0.948. The summed E-state index contributed by atoms with van der Waals surface area (Å²) in [5, 5.41) is 11.7. The lowest BCUT2D eigenvalue weighted by molar-refractivity contribution is -0.416. The highest BCUT2D eigenvalue weighted by atomic mass is 32.1. The Morgan fingerprint density at radius 3 is 2.86 bits per heavy atom. The van der Waals surface area contributed by atoms with Crippen LogP contribution < -0.4 is 9.75 Å². The van der Waals surface area contributed by atoms with Crippen LogP contribution in [0.3, 0.4) is 0 Å². The fourth-order valence-corrected chi connectivity index (χ4v) is 3.02. The summed E-state index contributed by atoms with van der Waals surface area (Å²) in [6.45, 7) is 5.46. The van der Waals surface area contributed by atoms with Gasteiger partial charge in [0.25, 0.3) is 5.70 Å². The number of esters is 1. The van der Waals surface area contributed by atoms with Crippen molar-refractivity contribution in [2.75, 3.05) is 6.61 Å². The number of ether oxygens (including phenoxy) is 1. The summed E-state index contributed by atoms with van der Waals surface area (Å²) >= 11 is 1.24. The Balaban J connectivity index is 2.60. The van der Waals surface area contributed by atoms with Crippen molar-refractivity contribution in [3.05, 3.63) is 37.3 Å². The summed E-state index contributed by atoms with van der Waals surface area (Å²) in [5.41, 5.74) is -0.408. The van der Waals surface area contributed by atoms with Gasteiger partial charge in [-0.2, -0.15) is 4.37 Å². The highest BCUT2D eigenvalue weighted by Crippen LogP contribution is 2.21. The molecule has 1 aliphatic rings. The van der Waals surface area contributed by atoms with Gasteiger partial charge in [0.15, 0.2) is 0 Å². The van der Waals surface area contributed by atoms with Gasteiger partial charge in [0, 0.05) is 11.3 Å². The number of aromatic nitrogens is 1. The van der Waals surface area contributed by atoms with Gasteiger partial charge >= 0.3 is 5.97 Å². The van der Waals surface area contributed by atoms with Crippen molar-refractivity contribution in [1.82, 2.24) is 4.37 Å². The van der Waals surface area contributed by atoms with E-state index in [1.54, 1.807) is 26.8 Å². The van der Waals surface area contributed by atoms with Crippen molar-refractivity contribution in [2.24, 2.45) is 0 Å². The van der Waals surface area contributed by atoms with E-state index in [9.17, 15) is 14.9 Å². The van der Waals surface area contributed by atoms with E-state index in [-0.39, 0.29) is 18.3 Å². The van der Waals surface area contributed by atoms with Gasteiger partial charge in [-0.25, -0.2) is 0 Å². The zero-order chi connectivity index (χ0) is 15.6. The second-order valence-corrected chi connectivity index (χ2v) is 5.93. The molecule has 2 rings (SSSR count).